The molecule has 1 heterocycles. The first-order valence-corrected chi connectivity index (χ1v) is 13.6. The molecule has 8 nitrogen and oxygen atoms in total. The lowest BCUT2D eigenvalue weighted by Gasteiger charge is -2.38. The summed E-state index contributed by atoms with van der Waals surface area (Å²) in [6.07, 6.45) is 3.31. The number of ether oxygens (including phenoxy) is 5. The molecule has 212 valence electrons. The Balaban J connectivity index is 1.48. The Morgan fingerprint density at radius 3 is 2.30 bits per heavy atom. The van der Waals surface area contributed by atoms with Crippen molar-refractivity contribution in [1.29, 1.82) is 0 Å². The molecule has 0 saturated carbocycles. The molecule has 1 aliphatic carbocycles. The Kier molecular flexibility index (Phi) is 8.35. The maximum atomic E-state index is 13.5. The summed E-state index contributed by atoms with van der Waals surface area (Å²) in [6, 6.07) is 16.3. The van der Waals surface area contributed by atoms with Gasteiger partial charge in [-0.25, -0.2) is 0 Å². The molecule has 3 aromatic carbocycles. The highest BCUT2D eigenvalue weighted by atomic mass is 16.5. The van der Waals surface area contributed by atoms with Crippen LogP contribution in [0, 0.1) is 0 Å². The van der Waals surface area contributed by atoms with E-state index in [0.29, 0.717) is 35.2 Å². The summed E-state index contributed by atoms with van der Waals surface area (Å²) in [5.41, 5.74) is 5.74. The number of benzene rings is 3. The maximum Gasteiger partial charge on any atom is 0.234 e. The van der Waals surface area contributed by atoms with Crippen LogP contribution in [-0.2, 0) is 24.1 Å². The molecule has 5 rings (SSSR count). The van der Waals surface area contributed by atoms with Crippen LogP contribution < -0.4 is 29.0 Å². The molecule has 0 fully saturated rings. The fourth-order valence-corrected chi connectivity index (χ4v) is 6.19. The van der Waals surface area contributed by atoms with Crippen molar-refractivity contribution in [2.45, 2.75) is 37.8 Å². The van der Waals surface area contributed by atoms with E-state index in [1.807, 2.05) is 30.3 Å². The van der Waals surface area contributed by atoms with E-state index in [4.69, 9.17) is 23.7 Å². The zero-order chi connectivity index (χ0) is 28.2. The number of carbonyl (C=O) groups excluding carboxylic acids is 1. The fourth-order valence-electron chi connectivity index (χ4n) is 6.19. The second kappa shape index (κ2) is 12.1. The molecule has 0 radical (unpaired) electrons. The van der Waals surface area contributed by atoms with Gasteiger partial charge in [0.15, 0.2) is 23.0 Å². The van der Waals surface area contributed by atoms with Crippen molar-refractivity contribution in [3.63, 3.8) is 0 Å². The summed E-state index contributed by atoms with van der Waals surface area (Å²) < 4.78 is 28.4. The third-order valence-corrected chi connectivity index (χ3v) is 8.09. The van der Waals surface area contributed by atoms with Gasteiger partial charge in [-0.2, -0.15) is 0 Å². The topological polar surface area (TPSA) is 78.5 Å². The average molecular weight is 547 g/mol. The molecule has 1 N–H and O–H groups in total. The molecule has 8 heteroatoms. The first-order valence-electron chi connectivity index (χ1n) is 13.6. The second-order valence-electron chi connectivity index (χ2n) is 10.2. The van der Waals surface area contributed by atoms with E-state index in [1.165, 1.54) is 11.1 Å². The van der Waals surface area contributed by atoms with Crippen LogP contribution in [0.4, 0.5) is 0 Å². The summed E-state index contributed by atoms with van der Waals surface area (Å²) in [6.45, 7) is 0.992. The number of nitrogens with zero attached hydrogens (tertiary/aromatic N) is 1. The lowest BCUT2D eigenvalue weighted by molar-refractivity contribution is -0.123. The lowest BCUT2D eigenvalue weighted by Crippen LogP contribution is -2.44. The molecule has 0 bridgehead atoms. The van der Waals surface area contributed by atoms with Crippen LogP contribution in [0.3, 0.4) is 0 Å². The van der Waals surface area contributed by atoms with Gasteiger partial charge in [-0.1, -0.05) is 30.3 Å². The fraction of sp³-hybridized carbons (Fsp3) is 0.406. The zero-order valence-corrected chi connectivity index (χ0v) is 23.9. The van der Waals surface area contributed by atoms with E-state index in [1.54, 1.807) is 35.5 Å². The van der Waals surface area contributed by atoms with E-state index in [9.17, 15) is 4.79 Å². The Labute approximate surface area is 236 Å². The second-order valence-corrected chi connectivity index (χ2v) is 10.2. The molecule has 2 atom stereocenters. The predicted octanol–water partition coefficient (Wildman–Crippen LogP) is 4.68. The monoisotopic (exact) mass is 546 g/mol. The molecule has 1 aliphatic heterocycles. The van der Waals surface area contributed by atoms with E-state index in [-0.39, 0.29) is 24.5 Å². The molecular weight excluding hydrogens is 508 g/mol. The first kappa shape index (κ1) is 27.6. The van der Waals surface area contributed by atoms with Crippen LogP contribution in [0.5, 0.6) is 28.7 Å². The summed E-state index contributed by atoms with van der Waals surface area (Å²) in [4.78, 5) is 15.7. The van der Waals surface area contributed by atoms with Gasteiger partial charge < -0.3 is 29.0 Å². The van der Waals surface area contributed by atoms with Gasteiger partial charge >= 0.3 is 0 Å². The minimum absolute atomic E-state index is 0.0157. The Morgan fingerprint density at radius 1 is 0.825 bits per heavy atom. The van der Waals surface area contributed by atoms with Crippen molar-refractivity contribution in [2.24, 2.45) is 0 Å². The van der Waals surface area contributed by atoms with Crippen LogP contribution in [0.15, 0.2) is 48.5 Å². The van der Waals surface area contributed by atoms with Crippen LogP contribution in [0.25, 0.3) is 0 Å². The Hall–Kier alpha value is -3.91. The highest BCUT2D eigenvalue weighted by Crippen LogP contribution is 2.48. The molecule has 40 heavy (non-hydrogen) atoms. The number of fused-ring (bicyclic) bond motifs is 2. The van der Waals surface area contributed by atoms with Gasteiger partial charge in [0.05, 0.1) is 48.1 Å². The van der Waals surface area contributed by atoms with Gasteiger partial charge in [0.25, 0.3) is 0 Å². The molecule has 1 amide bonds. The Bertz CT molecular complexity index is 1370. The third kappa shape index (κ3) is 5.28. The number of carbonyl (C=O) groups is 1. The summed E-state index contributed by atoms with van der Waals surface area (Å²) >= 11 is 0. The highest BCUT2D eigenvalue weighted by molar-refractivity contribution is 5.79. The minimum atomic E-state index is -0.141. The van der Waals surface area contributed by atoms with Gasteiger partial charge in [-0.15, -0.1) is 0 Å². The molecule has 0 aromatic heterocycles. The van der Waals surface area contributed by atoms with E-state index in [2.05, 4.69) is 28.4 Å². The number of aryl methyl sites for hydroxylation is 1. The van der Waals surface area contributed by atoms with Gasteiger partial charge in [-0.05, 0) is 66.1 Å². The largest absolute Gasteiger partial charge is 0.493 e. The molecule has 0 spiro atoms. The third-order valence-electron chi connectivity index (χ3n) is 8.09. The van der Waals surface area contributed by atoms with E-state index in [0.717, 1.165) is 42.5 Å². The predicted molar refractivity (Wildman–Crippen MR) is 153 cm³/mol. The standard InChI is InChI=1S/C32H38N2O6/c1-36-26-13-10-20(17-27(26)37-2)16-25-30-22(18-28(38-3)31(39-4)32(30)40-5)14-15-34(25)19-29(35)33-24-12-11-21-8-6-7-9-23(21)24/h6-10,13,17-18,24-25H,11-12,14-16,19H2,1-5H3,(H,33,35). The van der Waals surface area contributed by atoms with Crippen LogP contribution in [0.2, 0.25) is 0 Å². The number of rotatable bonds is 10. The van der Waals surface area contributed by atoms with Crippen molar-refractivity contribution in [3.8, 4) is 28.7 Å². The van der Waals surface area contributed by atoms with Crippen molar-refractivity contribution in [2.75, 3.05) is 48.6 Å². The van der Waals surface area contributed by atoms with Crippen LogP contribution in [0.1, 0.15) is 46.3 Å². The van der Waals surface area contributed by atoms with Crippen molar-refractivity contribution >= 4 is 5.91 Å². The molecule has 2 aliphatic rings. The van der Waals surface area contributed by atoms with Crippen molar-refractivity contribution in [1.82, 2.24) is 10.2 Å². The molecule has 2 unspecified atom stereocenters. The first-order chi connectivity index (χ1) is 19.5. The number of methoxy groups -OCH3 is 5. The van der Waals surface area contributed by atoms with Gasteiger partial charge in [0.1, 0.15) is 0 Å². The number of hydrogen-bond donors (Lipinski definition) is 1. The summed E-state index contributed by atoms with van der Waals surface area (Å²) in [7, 11) is 8.15. The quantitative estimate of drug-likeness (QED) is 0.396. The Morgan fingerprint density at radius 2 is 1.57 bits per heavy atom. The lowest BCUT2D eigenvalue weighted by atomic mass is 9.87. The molecular formula is C32H38N2O6. The van der Waals surface area contributed by atoms with Gasteiger partial charge in [0.2, 0.25) is 11.7 Å². The molecule has 3 aromatic rings. The number of nitrogens with one attached hydrogen (secondary N) is 1. The number of hydrogen-bond acceptors (Lipinski definition) is 7. The van der Waals surface area contributed by atoms with E-state index < -0.39 is 0 Å². The van der Waals surface area contributed by atoms with Crippen molar-refractivity contribution < 1.29 is 28.5 Å². The van der Waals surface area contributed by atoms with Crippen LogP contribution >= 0.6 is 0 Å². The summed E-state index contributed by atoms with van der Waals surface area (Å²) in [5, 5.41) is 3.30. The average Bonchev–Trinajstić information content (AvgIpc) is 3.39. The van der Waals surface area contributed by atoms with Gasteiger partial charge in [0, 0.05) is 18.2 Å². The van der Waals surface area contributed by atoms with Gasteiger partial charge in [-0.3, -0.25) is 9.69 Å². The SMILES string of the molecule is COc1ccc(CC2c3c(cc(OC)c(OC)c3OC)CCN2CC(=O)NC2CCc3ccccc32)cc1OC. The van der Waals surface area contributed by atoms with E-state index >= 15 is 0 Å². The maximum absolute atomic E-state index is 13.5. The van der Waals surface area contributed by atoms with Crippen molar-refractivity contribution in [3.05, 3.63) is 76.3 Å². The normalized spacial score (nSPS) is 17.9. The molecule has 0 saturated heterocycles. The highest BCUT2D eigenvalue weighted by Gasteiger charge is 2.35. The number of amides is 1. The minimum Gasteiger partial charge on any atom is -0.493 e. The smallest absolute Gasteiger partial charge is 0.234 e. The zero-order valence-electron chi connectivity index (χ0n) is 23.9. The van der Waals surface area contributed by atoms with Crippen LogP contribution in [-0.4, -0.2) is 59.4 Å². The summed E-state index contributed by atoms with van der Waals surface area (Å²) in [5.74, 6) is 3.18.